The number of hydrogen-bond donors (Lipinski definition) is 2. The molecule has 0 atom stereocenters. The minimum atomic E-state index is -1.82. The molecule has 2 aromatic carbocycles. The highest BCUT2D eigenvalue weighted by atomic mass is 19.1. The van der Waals surface area contributed by atoms with Gasteiger partial charge in [-0.1, -0.05) is 12.1 Å². The molecular weight excluding hydrogens is 278 g/mol. The summed E-state index contributed by atoms with van der Waals surface area (Å²) in [4.78, 5) is 11.6. The van der Waals surface area contributed by atoms with Gasteiger partial charge in [0.25, 0.3) is 0 Å². The lowest BCUT2D eigenvalue weighted by Crippen LogP contribution is -2.34. The van der Waals surface area contributed by atoms with Gasteiger partial charge in [0.05, 0.1) is 12.7 Å². The average molecular weight is 290 g/mol. The second kappa shape index (κ2) is 6.38. The topological polar surface area (TPSA) is 76.0 Å². The van der Waals surface area contributed by atoms with E-state index in [4.69, 9.17) is 4.74 Å². The fourth-order valence-electron chi connectivity index (χ4n) is 1.78. The van der Waals surface area contributed by atoms with Gasteiger partial charge in [0, 0.05) is 6.07 Å². The molecule has 0 amide bonds. The van der Waals surface area contributed by atoms with Crippen LogP contribution in [0, 0.1) is 5.82 Å². The molecule has 5 nitrogen and oxygen atoms in total. The molecule has 2 aromatic rings. The third-order valence-electron chi connectivity index (χ3n) is 2.74. The van der Waals surface area contributed by atoms with Crippen molar-refractivity contribution in [1.29, 1.82) is 0 Å². The summed E-state index contributed by atoms with van der Waals surface area (Å²) >= 11 is 0. The number of halogens is 1. The van der Waals surface area contributed by atoms with Crippen LogP contribution >= 0.6 is 0 Å². The molecule has 0 spiro atoms. The minimum absolute atomic E-state index is 0.00607. The van der Waals surface area contributed by atoms with Crippen molar-refractivity contribution < 1.29 is 28.7 Å². The van der Waals surface area contributed by atoms with Crippen LogP contribution in [0.5, 0.6) is 11.5 Å². The van der Waals surface area contributed by atoms with Gasteiger partial charge in [0.15, 0.2) is 0 Å². The zero-order valence-electron chi connectivity index (χ0n) is 11.1. The average Bonchev–Trinajstić information content (AvgIpc) is 2.46. The highest BCUT2D eigenvalue weighted by Crippen LogP contribution is 2.22. The lowest BCUT2D eigenvalue weighted by Gasteiger charge is -2.11. The maximum absolute atomic E-state index is 13.1. The Morgan fingerprint density at radius 3 is 2.48 bits per heavy atom. The van der Waals surface area contributed by atoms with Gasteiger partial charge < -0.3 is 19.5 Å². The molecule has 7 heteroatoms. The summed E-state index contributed by atoms with van der Waals surface area (Å²) < 4.78 is 23.1. The first-order valence-electron chi connectivity index (χ1n) is 6.03. The van der Waals surface area contributed by atoms with E-state index >= 15 is 0 Å². The van der Waals surface area contributed by atoms with Crippen molar-refractivity contribution >= 4 is 18.6 Å². The first kappa shape index (κ1) is 15.0. The van der Waals surface area contributed by atoms with Crippen LogP contribution in [0.3, 0.4) is 0 Å². The van der Waals surface area contributed by atoms with Gasteiger partial charge in [0.2, 0.25) is 0 Å². The third kappa shape index (κ3) is 3.59. The molecule has 0 saturated carbocycles. The summed E-state index contributed by atoms with van der Waals surface area (Å²) in [5, 5.41) is 18.4. The zero-order chi connectivity index (χ0) is 15.4. The van der Waals surface area contributed by atoms with Crippen LogP contribution in [-0.2, 0) is 4.74 Å². The lowest BCUT2D eigenvalue weighted by molar-refractivity contribution is 0.0601. The Morgan fingerprint density at radius 1 is 1.14 bits per heavy atom. The van der Waals surface area contributed by atoms with Crippen LogP contribution in [0.1, 0.15) is 10.4 Å². The molecule has 0 saturated heterocycles. The number of methoxy groups -OCH3 is 1. The van der Waals surface area contributed by atoms with Crippen molar-refractivity contribution in [3.05, 3.63) is 53.8 Å². The van der Waals surface area contributed by atoms with E-state index in [9.17, 15) is 19.2 Å². The second-order valence-corrected chi connectivity index (χ2v) is 4.17. The fraction of sp³-hybridized carbons (Fsp3) is 0.0714. The Hall–Kier alpha value is -2.38. The van der Waals surface area contributed by atoms with Crippen LogP contribution in [0.25, 0.3) is 0 Å². The molecule has 0 aliphatic heterocycles. The lowest BCUT2D eigenvalue weighted by atomic mass is 9.77. The van der Waals surface area contributed by atoms with E-state index in [1.54, 1.807) is 6.07 Å². The second-order valence-electron chi connectivity index (χ2n) is 4.17. The summed E-state index contributed by atoms with van der Waals surface area (Å²) in [7, 11) is -0.641. The van der Waals surface area contributed by atoms with Crippen molar-refractivity contribution in [2.75, 3.05) is 7.11 Å². The number of carbonyl (C=O) groups excluding carboxylic acids is 1. The van der Waals surface area contributed by atoms with Crippen LogP contribution in [0.15, 0.2) is 42.5 Å². The first-order valence-corrected chi connectivity index (χ1v) is 6.03. The summed E-state index contributed by atoms with van der Waals surface area (Å²) in [5.74, 6) is -0.695. The number of carbonyl (C=O) groups is 1. The van der Waals surface area contributed by atoms with Gasteiger partial charge in [-0.15, -0.1) is 0 Å². The van der Waals surface area contributed by atoms with E-state index in [1.165, 1.54) is 43.5 Å². The van der Waals surface area contributed by atoms with Crippen molar-refractivity contribution in [2.24, 2.45) is 0 Å². The van der Waals surface area contributed by atoms with Crippen molar-refractivity contribution in [1.82, 2.24) is 0 Å². The Labute approximate surface area is 120 Å². The van der Waals surface area contributed by atoms with E-state index in [0.29, 0.717) is 0 Å². The van der Waals surface area contributed by atoms with Gasteiger partial charge in [-0.05, 0) is 29.7 Å². The van der Waals surface area contributed by atoms with Gasteiger partial charge in [-0.25, -0.2) is 9.18 Å². The van der Waals surface area contributed by atoms with E-state index in [-0.39, 0.29) is 22.5 Å². The monoisotopic (exact) mass is 290 g/mol. The quantitative estimate of drug-likeness (QED) is 0.651. The molecule has 0 aliphatic carbocycles. The van der Waals surface area contributed by atoms with Crippen LogP contribution in [-0.4, -0.2) is 30.2 Å². The minimum Gasteiger partial charge on any atom is -0.465 e. The van der Waals surface area contributed by atoms with Crippen molar-refractivity contribution in [3.8, 4) is 11.5 Å². The van der Waals surface area contributed by atoms with Crippen LogP contribution in [0.4, 0.5) is 4.39 Å². The summed E-state index contributed by atoms with van der Waals surface area (Å²) in [6, 6.07) is 9.56. The molecule has 0 unspecified atom stereocenters. The highest BCUT2D eigenvalue weighted by Gasteiger charge is 2.21. The number of esters is 1. The predicted octanol–water partition coefficient (Wildman–Crippen LogP) is 1.08. The molecule has 21 heavy (non-hydrogen) atoms. The summed E-state index contributed by atoms with van der Waals surface area (Å²) in [5.41, 5.74) is -0.0464. The Kier molecular flexibility index (Phi) is 4.57. The normalized spacial score (nSPS) is 10.1. The molecule has 108 valence electrons. The number of benzene rings is 2. The highest BCUT2D eigenvalue weighted by molar-refractivity contribution is 6.60. The summed E-state index contributed by atoms with van der Waals surface area (Å²) in [6.45, 7) is 0. The Balaban J connectivity index is 2.35. The zero-order valence-corrected chi connectivity index (χ0v) is 11.1. The van der Waals surface area contributed by atoms with E-state index in [0.717, 1.165) is 0 Å². The van der Waals surface area contributed by atoms with Gasteiger partial charge in [0.1, 0.15) is 17.3 Å². The van der Waals surface area contributed by atoms with E-state index in [1.807, 2.05) is 0 Å². The van der Waals surface area contributed by atoms with Crippen LogP contribution < -0.4 is 10.2 Å². The maximum atomic E-state index is 13.1. The van der Waals surface area contributed by atoms with Crippen molar-refractivity contribution in [3.63, 3.8) is 0 Å². The summed E-state index contributed by atoms with van der Waals surface area (Å²) in [6.07, 6.45) is 0. The molecular formula is C14H12BFO5. The largest absolute Gasteiger partial charge is 0.489 e. The van der Waals surface area contributed by atoms with Gasteiger partial charge in [-0.3, -0.25) is 0 Å². The molecule has 0 radical (unpaired) electrons. The van der Waals surface area contributed by atoms with Crippen LogP contribution in [0.2, 0.25) is 0 Å². The predicted molar refractivity (Wildman–Crippen MR) is 74.1 cm³/mol. The van der Waals surface area contributed by atoms with E-state index in [2.05, 4.69) is 4.74 Å². The van der Waals surface area contributed by atoms with Crippen molar-refractivity contribution in [2.45, 2.75) is 0 Å². The third-order valence-corrected chi connectivity index (χ3v) is 2.74. The number of rotatable bonds is 4. The fourth-order valence-corrected chi connectivity index (χ4v) is 1.78. The molecule has 2 N–H and O–H groups in total. The standard InChI is InChI=1S/C14H12BFO5/c1-20-14(17)12-8-11(5-6-13(12)15(18)19)21-10-4-2-3-9(16)7-10/h2-8,18-19H,1H3. The molecule has 0 heterocycles. The molecule has 0 aliphatic rings. The molecule has 0 aromatic heterocycles. The Bertz CT molecular complexity index is 660. The number of ether oxygens (including phenoxy) is 2. The molecule has 0 fully saturated rings. The SMILES string of the molecule is COC(=O)c1cc(Oc2cccc(F)c2)ccc1B(O)O. The van der Waals surface area contributed by atoms with Gasteiger partial charge in [-0.2, -0.15) is 0 Å². The Morgan fingerprint density at radius 2 is 1.86 bits per heavy atom. The van der Waals surface area contributed by atoms with Gasteiger partial charge >= 0.3 is 13.1 Å². The number of hydrogen-bond acceptors (Lipinski definition) is 5. The molecule has 2 rings (SSSR count). The maximum Gasteiger partial charge on any atom is 0.489 e. The first-order chi connectivity index (χ1) is 10.0. The molecule has 0 bridgehead atoms. The smallest absolute Gasteiger partial charge is 0.465 e. The van der Waals surface area contributed by atoms with E-state index < -0.39 is 18.9 Å².